The molecule has 0 aromatic carbocycles. The summed E-state index contributed by atoms with van der Waals surface area (Å²) in [5, 5.41) is 4.16. The summed E-state index contributed by atoms with van der Waals surface area (Å²) in [5.74, 6) is 1.20. The normalized spacial score (nSPS) is 22.4. The van der Waals surface area contributed by atoms with Gasteiger partial charge in [0.15, 0.2) is 0 Å². The molecule has 1 heterocycles. The van der Waals surface area contributed by atoms with Gasteiger partial charge in [-0.2, -0.15) is 0 Å². The van der Waals surface area contributed by atoms with E-state index in [1.807, 2.05) is 27.0 Å². The van der Waals surface area contributed by atoms with Gasteiger partial charge in [-0.05, 0) is 52.4 Å². The number of nitrogens with zero attached hydrogens (tertiary/aromatic N) is 1. The predicted octanol–water partition coefficient (Wildman–Crippen LogP) is 4.51. The largest absolute Gasteiger partial charge is 0.444 e. The molecule has 1 amide bonds. The van der Waals surface area contributed by atoms with E-state index in [0.717, 1.165) is 37.0 Å². The number of nitrogens with one attached hydrogen (secondary N) is 1. The number of halogens is 1. The molecule has 0 saturated heterocycles. The van der Waals surface area contributed by atoms with Crippen molar-refractivity contribution >= 4 is 29.0 Å². The van der Waals surface area contributed by atoms with Crippen molar-refractivity contribution in [2.75, 3.05) is 0 Å². The molecule has 1 aromatic heterocycles. The van der Waals surface area contributed by atoms with Crippen LogP contribution in [-0.4, -0.2) is 22.7 Å². The van der Waals surface area contributed by atoms with Crippen LogP contribution in [0.2, 0.25) is 0 Å². The van der Waals surface area contributed by atoms with Gasteiger partial charge in [0, 0.05) is 23.5 Å². The number of ether oxygens (including phenoxy) is 1. The van der Waals surface area contributed by atoms with Crippen molar-refractivity contribution in [1.29, 1.82) is 0 Å². The molecular formula is C16H25ClN2O2S. The standard InChI is InChI=1S/C16H25ClN2O2S/c1-16(2,3)21-15(20)19-12-6-4-11(5-7-12)8-14-18-10-13(9-17)22-14/h10-12H,4-9H2,1-3H3,(H,19,20). The Kier molecular flexibility index (Phi) is 6.09. The lowest BCUT2D eigenvalue weighted by molar-refractivity contribution is 0.0487. The summed E-state index contributed by atoms with van der Waals surface area (Å²) in [6.45, 7) is 5.64. The molecule has 0 atom stereocenters. The van der Waals surface area contributed by atoms with Crippen LogP contribution in [0.15, 0.2) is 6.20 Å². The number of carbonyl (C=O) groups is 1. The second-order valence-corrected chi connectivity index (χ2v) is 8.39. The molecule has 4 nitrogen and oxygen atoms in total. The summed E-state index contributed by atoms with van der Waals surface area (Å²) in [6, 6.07) is 0.237. The maximum absolute atomic E-state index is 11.8. The number of rotatable bonds is 4. The summed E-state index contributed by atoms with van der Waals surface area (Å²) in [5.41, 5.74) is -0.438. The molecular weight excluding hydrogens is 320 g/mol. The molecule has 1 fully saturated rings. The zero-order valence-electron chi connectivity index (χ0n) is 13.5. The number of carbonyl (C=O) groups excluding carboxylic acids is 1. The second-order valence-electron chi connectivity index (χ2n) is 6.92. The first-order chi connectivity index (χ1) is 10.4. The van der Waals surface area contributed by atoms with Gasteiger partial charge in [0.2, 0.25) is 0 Å². The highest BCUT2D eigenvalue weighted by atomic mass is 35.5. The zero-order chi connectivity index (χ0) is 16.2. The van der Waals surface area contributed by atoms with E-state index in [0.29, 0.717) is 11.8 Å². The van der Waals surface area contributed by atoms with Crippen molar-refractivity contribution in [3.63, 3.8) is 0 Å². The van der Waals surface area contributed by atoms with Crippen molar-refractivity contribution in [3.05, 3.63) is 16.1 Å². The van der Waals surface area contributed by atoms with E-state index in [1.54, 1.807) is 11.3 Å². The molecule has 0 aliphatic heterocycles. The number of alkyl halides is 1. The van der Waals surface area contributed by atoms with E-state index < -0.39 is 5.60 Å². The first-order valence-electron chi connectivity index (χ1n) is 7.85. The minimum absolute atomic E-state index is 0.237. The van der Waals surface area contributed by atoms with Gasteiger partial charge in [-0.3, -0.25) is 0 Å². The molecule has 6 heteroatoms. The fourth-order valence-electron chi connectivity index (χ4n) is 2.74. The van der Waals surface area contributed by atoms with Gasteiger partial charge in [0.1, 0.15) is 5.60 Å². The average molecular weight is 345 g/mol. The minimum atomic E-state index is -0.438. The molecule has 0 bridgehead atoms. The molecule has 22 heavy (non-hydrogen) atoms. The maximum Gasteiger partial charge on any atom is 0.407 e. The van der Waals surface area contributed by atoms with Crippen LogP contribution < -0.4 is 5.32 Å². The van der Waals surface area contributed by atoms with Crippen LogP contribution in [0.25, 0.3) is 0 Å². The Balaban J connectivity index is 1.72. The van der Waals surface area contributed by atoms with Crippen LogP contribution in [0, 0.1) is 5.92 Å². The summed E-state index contributed by atoms with van der Waals surface area (Å²) in [7, 11) is 0. The highest BCUT2D eigenvalue weighted by Gasteiger charge is 2.25. The first kappa shape index (κ1) is 17.5. The highest BCUT2D eigenvalue weighted by molar-refractivity contribution is 7.11. The molecule has 124 valence electrons. The topological polar surface area (TPSA) is 51.2 Å². The summed E-state index contributed by atoms with van der Waals surface area (Å²) in [6.07, 6.45) is 6.87. The molecule has 1 saturated carbocycles. The number of hydrogen-bond acceptors (Lipinski definition) is 4. The molecule has 1 N–H and O–H groups in total. The van der Waals surface area contributed by atoms with Gasteiger partial charge in [-0.25, -0.2) is 9.78 Å². The third-order valence-electron chi connectivity index (χ3n) is 3.76. The van der Waals surface area contributed by atoms with E-state index in [-0.39, 0.29) is 12.1 Å². The number of thiazole rings is 1. The van der Waals surface area contributed by atoms with Crippen LogP contribution in [0.3, 0.4) is 0 Å². The van der Waals surface area contributed by atoms with E-state index in [2.05, 4.69) is 10.3 Å². The van der Waals surface area contributed by atoms with Gasteiger partial charge in [0.05, 0.1) is 10.9 Å². The zero-order valence-corrected chi connectivity index (χ0v) is 15.1. The Hall–Kier alpha value is -0.810. The Labute approximate surface area is 141 Å². The predicted molar refractivity (Wildman–Crippen MR) is 90.5 cm³/mol. The lowest BCUT2D eigenvalue weighted by Gasteiger charge is -2.29. The average Bonchev–Trinajstić information content (AvgIpc) is 2.86. The molecule has 0 spiro atoms. The molecule has 0 radical (unpaired) electrons. The van der Waals surface area contributed by atoms with Crippen LogP contribution in [0.5, 0.6) is 0 Å². The third kappa shape index (κ3) is 5.76. The van der Waals surface area contributed by atoms with E-state index in [1.165, 1.54) is 5.01 Å². The molecule has 1 aliphatic carbocycles. The lowest BCUT2D eigenvalue weighted by Crippen LogP contribution is -2.41. The Morgan fingerprint density at radius 3 is 2.64 bits per heavy atom. The van der Waals surface area contributed by atoms with Crippen molar-refractivity contribution < 1.29 is 9.53 Å². The van der Waals surface area contributed by atoms with E-state index >= 15 is 0 Å². The van der Waals surface area contributed by atoms with Crippen molar-refractivity contribution in [1.82, 2.24) is 10.3 Å². The number of hydrogen-bond donors (Lipinski definition) is 1. The van der Waals surface area contributed by atoms with Crippen molar-refractivity contribution in [3.8, 4) is 0 Å². The summed E-state index contributed by atoms with van der Waals surface area (Å²) < 4.78 is 5.31. The van der Waals surface area contributed by atoms with Gasteiger partial charge in [-0.1, -0.05) is 0 Å². The summed E-state index contributed by atoms with van der Waals surface area (Å²) in [4.78, 5) is 17.4. The Morgan fingerprint density at radius 2 is 2.09 bits per heavy atom. The number of amides is 1. The van der Waals surface area contributed by atoms with Crippen LogP contribution in [0.4, 0.5) is 4.79 Å². The quantitative estimate of drug-likeness (QED) is 0.817. The fourth-order valence-corrected chi connectivity index (χ4v) is 3.86. The van der Waals surface area contributed by atoms with Crippen LogP contribution in [0.1, 0.15) is 56.3 Å². The molecule has 1 aliphatic rings. The summed E-state index contributed by atoms with van der Waals surface area (Å²) >= 11 is 7.53. The third-order valence-corrected chi connectivity index (χ3v) is 5.23. The maximum atomic E-state index is 11.8. The lowest BCUT2D eigenvalue weighted by atomic mass is 9.84. The van der Waals surface area contributed by atoms with Gasteiger partial charge in [-0.15, -0.1) is 22.9 Å². The van der Waals surface area contributed by atoms with Crippen LogP contribution in [-0.2, 0) is 17.0 Å². The molecule has 0 unspecified atom stereocenters. The van der Waals surface area contributed by atoms with Crippen molar-refractivity contribution in [2.24, 2.45) is 5.92 Å². The number of aromatic nitrogens is 1. The number of alkyl carbamates (subject to hydrolysis) is 1. The monoisotopic (exact) mass is 344 g/mol. The molecule has 1 aromatic rings. The first-order valence-corrected chi connectivity index (χ1v) is 9.20. The van der Waals surface area contributed by atoms with Crippen molar-refractivity contribution in [2.45, 2.75) is 70.4 Å². The second kappa shape index (κ2) is 7.64. The van der Waals surface area contributed by atoms with E-state index in [9.17, 15) is 4.79 Å². The molecule has 2 rings (SSSR count). The smallest absolute Gasteiger partial charge is 0.407 e. The van der Waals surface area contributed by atoms with E-state index in [4.69, 9.17) is 16.3 Å². The SMILES string of the molecule is CC(C)(C)OC(=O)NC1CCC(Cc2ncc(CCl)s2)CC1. The highest BCUT2D eigenvalue weighted by Crippen LogP contribution is 2.29. The van der Waals surface area contributed by atoms with Crippen LogP contribution >= 0.6 is 22.9 Å². The fraction of sp³-hybridized carbons (Fsp3) is 0.750. The minimum Gasteiger partial charge on any atom is -0.444 e. The van der Waals surface area contributed by atoms with Gasteiger partial charge < -0.3 is 10.1 Å². The Bertz CT molecular complexity index is 491. The van der Waals surface area contributed by atoms with Gasteiger partial charge >= 0.3 is 6.09 Å². The Morgan fingerprint density at radius 1 is 1.41 bits per heavy atom. The van der Waals surface area contributed by atoms with Gasteiger partial charge in [0.25, 0.3) is 0 Å².